The van der Waals surface area contributed by atoms with Gasteiger partial charge in [0.25, 0.3) is 0 Å². The van der Waals surface area contributed by atoms with Gasteiger partial charge in [-0.2, -0.15) is 5.10 Å². The highest BCUT2D eigenvalue weighted by atomic mass is 16.5. The monoisotopic (exact) mass is 420 g/mol. The lowest BCUT2D eigenvalue weighted by Crippen LogP contribution is -2.50. The van der Waals surface area contributed by atoms with Crippen LogP contribution in [0.5, 0.6) is 5.75 Å². The van der Waals surface area contributed by atoms with Gasteiger partial charge in [-0.1, -0.05) is 13.8 Å². The standard InChI is InChI=1S/C23H28N6O2/c1-15(2)23(30)28-12-10-27(11-13-28)21-19-14-24-29(17-6-8-18(31-3)9-7-17)22(19)26-20(25-21)16-4-5-16/h6-9,14-16H,4-5,10-13H2,1-3H3. The smallest absolute Gasteiger partial charge is 0.225 e. The van der Waals surface area contributed by atoms with Crippen LogP contribution in [0, 0.1) is 5.92 Å². The number of aromatic nitrogens is 4. The summed E-state index contributed by atoms with van der Waals surface area (Å²) in [6.45, 7) is 6.88. The minimum atomic E-state index is 0.0292. The van der Waals surface area contributed by atoms with Crippen molar-refractivity contribution in [1.82, 2.24) is 24.6 Å². The number of anilines is 1. The summed E-state index contributed by atoms with van der Waals surface area (Å²) in [7, 11) is 1.66. The Hall–Kier alpha value is -3.16. The van der Waals surface area contributed by atoms with Crippen LogP contribution < -0.4 is 9.64 Å². The minimum Gasteiger partial charge on any atom is -0.497 e. The second kappa shape index (κ2) is 7.83. The number of benzene rings is 1. The number of rotatable bonds is 5. The molecule has 8 heteroatoms. The summed E-state index contributed by atoms with van der Waals surface area (Å²) in [6, 6.07) is 7.83. The molecule has 162 valence electrons. The molecule has 0 bridgehead atoms. The normalized spacial score (nSPS) is 16.9. The molecule has 0 spiro atoms. The largest absolute Gasteiger partial charge is 0.497 e. The molecule has 3 aromatic rings. The molecule has 31 heavy (non-hydrogen) atoms. The number of nitrogens with zero attached hydrogens (tertiary/aromatic N) is 6. The van der Waals surface area contributed by atoms with E-state index in [-0.39, 0.29) is 11.8 Å². The molecule has 3 heterocycles. The molecule has 1 aliphatic carbocycles. The van der Waals surface area contributed by atoms with Crippen LogP contribution in [-0.2, 0) is 4.79 Å². The molecule has 1 aromatic carbocycles. The molecule has 2 aliphatic rings. The number of piperazine rings is 1. The molecule has 1 aliphatic heterocycles. The molecule has 0 unspecified atom stereocenters. The number of carbonyl (C=O) groups excluding carboxylic acids is 1. The Labute approximate surface area is 181 Å². The van der Waals surface area contributed by atoms with E-state index in [0.717, 1.165) is 60.0 Å². The maximum Gasteiger partial charge on any atom is 0.225 e. The Morgan fingerprint density at radius 2 is 1.77 bits per heavy atom. The lowest BCUT2D eigenvalue weighted by molar-refractivity contribution is -0.134. The van der Waals surface area contributed by atoms with E-state index in [2.05, 4.69) is 10.00 Å². The van der Waals surface area contributed by atoms with Gasteiger partial charge in [-0.25, -0.2) is 14.6 Å². The van der Waals surface area contributed by atoms with Gasteiger partial charge in [0.05, 0.1) is 24.4 Å². The highest BCUT2D eigenvalue weighted by molar-refractivity contribution is 5.88. The van der Waals surface area contributed by atoms with E-state index in [1.165, 1.54) is 0 Å². The predicted molar refractivity (Wildman–Crippen MR) is 119 cm³/mol. The van der Waals surface area contributed by atoms with Crippen molar-refractivity contribution in [3.8, 4) is 11.4 Å². The summed E-state index contributed by atoms with van der Waals surface area (Å²) >= 11 is 0. The molecule has 0 radical (unpaired) electrons. The molecule has 2 aromatic heterocycles. The molecule has 1 saturated carbocycles. The minimum absolute atomic E-state index is 0.0292. The Kier molecular flexibility index (Phi) is 5.00. The first-order chi connectivity index (χ1) is 15.0. The van der Waals surface area contributed by atoms with Crippen LogP contribution in [0.15, 0.2) is 30.5 Å². The highest BCUT2D eigenvalue weighted by Gasteiger charge is 2.31. The number of hydrogen-bond acceptors (Lipinski definition) is 6. The van der Waals surface area contributed by atoms with E-state index in [4.69, 9.17) is 14.7 Å². The van der Waals surface area contributed by atoms with Crippen LogP contribution in [-0.4, -0.2) is 63.8 Å². The van der Waals surface area contributed by atoms with Gasteiger partial charge in [0, 0.05) is 38.0 Å². The Balaban J connectivity index is 1.50. The topological polar surface area (TPSA) is 76.4 Å². The molecular weight excluding hydrogens is 392 g/mol. The Bertz CT molecular complexity index is 1100. The van der Waals surface area contributed by atoms with E-state index in [1.54, 1.807) is 7.11 Å². The SMILES string of the molecule is COc1ccc(-n2ncc3c(N4CCN(C(=O)C(C)C)CC4)nc(C4CC4)nc32)cc1. The number of fused-ring (bicyclic) bond motifs is 1. The van der Waals surface area contributed by atoms with Gasteiger partial charge >= 0.3 is 0 Å². The maximum atomic E-state index is 12.4. The third kappa shape index (κ3) is 3.71. The molecule has 0 N–H and O–H groups in total. The first-order valence-corrected chi connectivity index (χ1v) is 11.0. The number of amides is 1. The van der Waals surface area contributed by atoms with Crippen LogP contribution >= 0.6 is 0 Å². The summed E-state index contributed by atoms with van der Waals surface area (Å²) in [5.74, 6) is 3.33. The predicted octanol–water partition coefficient (Wildman–Crippen LogP) is 3.01. The molecule has 1 amide bonds. The number of carbonyl (C=O) groups is 1. The number of ether oxygens (including phenoxy) is 1. The van der Waals surface area contributed by atoms with E-state index in [0.29, 0.717) is 19.0 Å². The average Bonchev–Trinajstić information content (AvgIpc) is 3.57. The fourth-order valence-corrected chi connectivity index (χ4v) is 4.09. The van der Waals surface area contributed by atoms with Crippen LogP contribution in [0.2, 0.25) is 0 Å². The molecule has 0 atom stereocenters. The second-order valence-electron chi connectivity index (χ2n) is 8.64. The van der Waals surface area contributed by atoms with Crippen molar-refractivity contribution in [2.45, 2.75) is 32.6 Å². The van der Waals surface area contributed by atoms with Crippen LogP contribution in [0.1, 0.15) is 38.4 Å². The lowest BCUT2D eigenvalue weighted by Gasteiger charge is -2.36. The third-order valence-electron chi connectivity index (χ3n) is 6.07. The summed E-state index contributed by atoms with van der Waals surface area (Å²) in [5.41, 5.74) is 1.77. The van der Waals surface area contributed by atoms with Gasteiger partial charge in [0.15, 0.2) is 5.65 Å². The average molecular weight is 421 g/mol. The first-order valence-electron chi connectivity index (χ1n) is 11.0. The van der Waals surface area contributed by atoms with Gasteiger partial charge in [0.1, 0.15) is 17.4 Å². The van der Waals surface area contributed by atoms with Crippen LogP contribution in [0.25, 0.3) is 16.7 Å². The van der Waals surface area contributed by atoms with E-state index >= 15 is 0 Å². The molecule has 1 saturated heterocycles. The van der Waals surface area contributed by atoms with Crippen LogP contribution in [0.3, 0.4) is 0 Å². The van der Waals surface area contributed by atoms with Crippen molar-refractivity contribution < 1.29 is 9.53 Å². The van der Waals surface area contributed by atoms with E-state index in [9.17, 15) is 4.79 Å². The van der Waals surface area contributed by atoms with Crippen LogP contribution in [0.4, 0.5) is 5.82 Å². The highest BCUT2D eigenvalue weighted by Crippen LogP contribution is 2.40. The number of methoxy groups -OCH3 is 1. The third-order valence-corrected chi connectivity index (χ3v) is 6.07. The van der Waals surface area contributed by atoms with Gasteiger partial charge < -0.3 is 14.5 Å². The zero-order valence-electron chi connectivity index (χ0n) is 18.3. The van der Waals surface area contributed by atoms with Gasteiger partial charge in [-0.15, -0.1) is 0 Å². The van der Waals surface area contributed by atoms with E-state index < -0.39 is 0 Å². The Morgan fingerprint density at radius 3 is 2.39 bits per heavy atom. The van der Waals surface area contributed by atoms with Crippen molar-refractivity contribution in [2.75, 3.05) is 38.2 Å². The van der Waals surface area contributed by atoms with Gasteiger partial charge in [0.2, 0.25) is 5.91 Å². The lowest BCUT2D eigenvalue weighted by atomic mass is 10.1. The molecular formula is C23H28N6O2. The zero-order valence-corrected chi connectivity index (χ0v) is 18.3. The molecule has 8 nitrogen and oxygen atoms in total. The van der Waals surface area contributed by atoms with Crippen molar-refractivity contribution in [1.29, 1.82) is 0 Å². The first kappa shape index (κ1) is 19.8. The van der Waals surface area contributed by atoms with Crippen molar-refractivity contribution in [2.24, 2.45) is 5.92 Å². The summed E-state index contributed by atoms with van der Waals surface area (Å²) in [5, 5.41) is 5.59. The summed E-state index contributed by atoms with van der Waals surface area (Å²) in [4.78, 5) is 26.5. The summed E-state index contributed by atoms with van der Waals surface area (Å²) < 4.78 is 7.16. The van der Waals surface area contributed by atoms with Gasteiger partial charge in [-0.05, 0) is 37.1 Å². The summed E-state index contributed by atoms with van der Waals surface area (Å²) in [6.07, 6.45) is 4.13. The van der Waals surface area contributed by atoms with Crippen molar-refractivity contribution in [3.05, 3.63) is 36.3 Å². The zero-order chi connectivity index (χ0) is 21.5. The van der Waals surface area contributed by atoms with Crippen molar-refractivity contribution in [3.63, 3.8) is 0 Å². The fourth-order valence-electron chi connectivity index (χ4n) is 4.09. The molecule has 5 rings (SSSR count). The fraction of sp³-hybridized carbons (Fsp3) is 0.478. The number of hydrogen-bond donors (Lipinski definition) is 0. The van der Waals surface area contributed by atoms with E-state index in [1.807, 2.05) is 53.9 Å². The van der Waals surface area contributed by atoms with Gasteiger partial charge in [-0.3, -0.25) is 4.79 Å². The molecule has 2 fully saturated rings. The second-order valence-corrected chi connectivity index (χ2v) is 8.64. The van der Waals surface area contributed by atoms with Crippen molar-refractivity contribution >= 4 is 22.8 Å². The Morgan fingerprint density at radius 1 is 1.06 bits per heavy atom. The quantitative estimate of drug-likeness (QED) is 0.632. The maximum absolute atomic E-state index is 12.4.